The summed E-state index contributed by atoms with van der Waals surface area (Å²) in [5.41, 5.74) is -1.90. The standard InChI is InChI=1S/C9H11ClFNO4S/c1-4-5(2)16-9(6(4)17(3,14)15)12-8(13)7(10)11/h7H,1-3H3,(H,12,13). The third-order valence-electron chi connectivity index (χ3n) is 2.14. The van der Waals surface area contributed by atoms with Crippen molar-refractivity contribution in [1.82, 2.24) is 0 Å². The average Bonchev–Trinajstić information content (AvgIpc) is 2.41. The molecule has 96 valence electrons. The Bertz CT molecular complexity index is 550. The van der Waals surface area contributed by atoms with Crippen molar-refractivity contribution < 1.29 is 22.0 Å². The minimum absolute atomic E-state index is 0.166. The van der Waals surface area contributed by atoms with Gasteiger partial charge in [-0.05, 0) is 13.8 Å². The van der Waals surface area contributed by atoms with Gasteiger partial charge in [-0.2, -0.15) is 0 Å². The molecule has 0 bridgehead atoms. The largest absolute Gasteiger partial charge is 0.444 e. The Morgan fingerprint density at radius 1 is 1.47 bits per heavy atom. The number of aryl methyl sites for hydroxylation is 1. The van der Waals surface area contributed by atoms with E-state index in [1.165, 1.54) is 13.8 Å². The molecule has 0 aliphatic rings. The van der Waals surface area contributed by atoms with Gasteiger partial charge in [0, 0.05) is 11.8 Å². The SMILES string of the molecule is Cc1oc(NC(=O)C(F)Cl)c(S(C)(=O)=O)c1C. The molecule has 1 N–H and O–H groups in total. The highest BCUT2D eigenvalue weighted by Crippen LogP contribution is 2.30. The molecule has 1 heterocycles. The number of carbonyl (C=O) groups is 1. The van der Waals surface area contributed by atoms with E-state index in [1.807, 2.05) is 5.32 Å². The van der Waals surface area contributed by atoms with Crippen molar-refractivity contribution in [1.29, 1.82) is 0 Å². The first-order valence-electron chi connectivity index (χ1n) is 4.53. The summed E-state index contributed by atoms with van der Waals surface area (Å²) in [6, 6.07) is 0. The quantitative estimate of drug-likeness (QED) is 0.858. The molecule has 1 aromatic rings. The summed E-state index contributed by atoms with van der Waals surface area (Å²) in [7, 11) is -3.59. The molecule has 8 heteroatoms. The maximum absolute atomic E-state index is 12.5. The molecule has 0 aliphatic carbocycles. The van der Waals surface area contributed by atoms with Gasteiger partial charge in [0.15, 0.2) is 9.84 Å². The van der Waals surface area contributed by atoms with E-state index in [0.717, 1.165) is 6.26 Å². The number of sulfone groups is 1. The molecule has 1 aromatic heterocycles. The fraction of sp³-hybridized carbons (Fsp3) is 0.444. The molecule has 0 radical (unpaired) electrons. The zero-order valence-electron chi connectivity index (χ0n) is 9.37. The number of rotatable bonds is 3. The molecule has 1 rings (SSSR count). The lowest BCUT2D eigenvalue weighted by Gasteiger charge is -2.03. The second-order valence-corrected chi connectivity index (χ2v) is 5.84. The number of alkyl halides is 2. The van der Waals surface area contributed by atoms with Crippen LogP contribution in [0.1, 0.15) is 11.3 Å². The highest BCUT2D eigenvalue weighted by molar-refractivity contribution is 7.91. The second-order valence-electron chi connectivity index (χ2n) is 3.50. The third kappa shape index (κ3) is 2.98. The number of nitrogens with one attached hydrogen (secondary N) is 1. The maximum atomic E-state index is 12.5. The summed E-state index contributed by atoms with van der Waals surface area (Å²) in [6.45, 7) is 3.06. The molecule has 0 saturated heterocycles. The number of hydrogen-bond acceptors (Lipinski definition) is 4. The van der Waals surface area contributed by atoms with Gasteiger partial charge < -0.3 is 4.42 Å². The molecule has 0 aliphatic heterocycles. The van der Waals surface area contributed by atoms with Crippen LogP contribution in [0.5, 0.6) is 0 Å². The summed E-state index contributed by atoms with van der Waals surface area (Å²) in [5.74, 6) is -1.16. The molecule has 0 spiro atoms. The highest BCUT2D eigenvalue weighted by Gasteiger charge is 2.26. The number of carbonyl (C=O) groups excluding carboxylic acids is 1. The molecule has 1 amide bonds. The molecule has 17 heavy (non-hydrogen) atoms. The topological polar surface area (TPSA) is 76.4 Å². The predicted molar refractivity (Wildman–Crippen MR) is 60.7 cm³/mol. The third-order valence-corrected chi connectivity index (χ3v) is 3.57. The smallest absolute Gasteiger partial charge is 0.276 e. The Hall–Kier alpha value is -1.08. The lowest BCUT2D eigenvalue weighted by atomic mass is 10.3. The molecule has 1 unspecified atom stereocenters. The van der Waals surface area contributed by atoms with Crippen molar-refractivity contribution in [3.05, 3.63) is 11.3 Å². The Morgan fingerprint density at radius 3 is 2.41 bits per heavy atom. The van der Waals surface area contributed by atoms with Gasteiger partial charge in [0.2, 0.25) is 5.88 Å². The van der Waals surface area contributed by atoms with Crippen LogP contribution in [0.3, 0.4) is 0 Å². The predicted octanol–water partition coefficient (Wildman–Crippen LogP) is 1.77. The zero-order chi connectivity index (χ0) is 13.4. The Balaban J connectivity index is 3.27. The summed E-state index contributed by atoms with van der Waals surface area (Å²) < 4.78 is 40.5. The minimum Gasteiger partial charge on any atom is -0.444 e. The molecule has 0 saturated carbocycles. The lowest BCUT2D eigenvalue weighted by molar-refractivity contribution is -0.118. The van der Waals surface area contributed by atoms with Gasteiger partial charge in [0.1, 0.15) is 10.7 Å². The Morgan fingerprint density at radius 2 is 2.00 bits per heavy atom. The monoisotopic (exact) mass is 283 g/mol. The molecule has 1 atom stereocenters. The van der Waals surface area contributed by atoms with Crippen LogP contribution in [0.25, 0.3) is 0 Å². The minimum atomic E-state index is -3.59. The van der Waals surface area contributed by atoms with Crippen LogP contribution < -0.4 is 5.32 Å². The molecule has 0 aromatic carbocycles. The van der Waals surface area contributed by atoms with E-state index in [9.17, 15) is 17.6 Å². The highest BCUT2D eigenvalue weighted by atomic mass is 35.5. The normalized spacial score (nSPS) is 13.5. The van der Waals surface area contributed by atoms with Crippen molar-refractivity contribution >= 4 is 33.2 Å². The van der Waals surface area contributed by atoms with Crippen molar-refractivity contribution in [3.8, 4) is 0 Å². The number of furan rings is 1. The van der Waals surface area contributed by atoms with Crippen molar-refractivity contribution in [2.45, 2.75) is 24.4 Å². The summed E-state index contributed by atoms with van der Waals surface area (Å²) in [6.07, 6.45) is 0.966. The van der Waals surface area contributed by atoms with Crippen LogP contribution in [-0.4, -0.2) is 26.2 Å². The van der Waals surface area contributed by atoms with E-state index in [0.29, 0.717) is 11.3 Å². The van der Waals surface area contributed by atoms with Crippen LogP contribution in [-0.2, 0) is 14.6 Å². The lowest BCUT2D eigenvalue weighted by Crippen LogP contribution is -2.20. The van der Waals surface area contributed by atoms with Gasteiger partial charge >= 0.3 is 0 Å². The Labute approximate surface area is 103 Å². The van der Waals surface area contributed by atoms with Crippen molar-refractivity contribution in [2.75, 3.05) is 11.6 Å². The molecule has 0 fully saturated rings. The van der Waals surface area contributed by atoms with Crippen LogP contribution in [0.2, 0.25) is 0 Å². The van der Waals surface area contributed by atoms with Crippen molar-refractivity contribution in [3.63, 3.8) is 0 Å². The van der Waals surface area contributed by atoms with E-state index >= 15 is 0 Å². The molecule has 5 nitrogen and oxygen atoms in total. The maximum Gasteiger partial charge on any atom is 0.276 e. The average molecular weight is 284 g/mol. The van der Waals surface area contributed by atoms with Gasteiger partial charge in [0.25, 0.3) is 11.5 Å². The van der Waals surface area contributed by atoms with Crippen LogP contribution in [0, 0.1) is 13.8 Å². The first kappa shape index (κ1) is 14.0. The van der Waals surface area contributed by atoms with Crippen molar-refractivity contribution in [2.24, 2.45) is 0 Å². The van der Waals surface area contributed by atoms with E-state index in [4.69, 9.17) is 16.0 Å². The number of hydrogen-bond donors (Lipinski definition) is 1. The van der Waals surface area contributed by atoms with Gasteiger partial charge in [0.05, 0.1) is 0 Å². The van der Waals surface area contributed by atoms with Gasteiger partial charge in [-0.3, -0.25) is 10.1 Å². The van der Waals surface area contributed by atoms with E-state index in [2.05, 4.69) is 0 Å². The first-order chi connectivity index (χ1) is 7.64. The van der Waals surface area contributed by atoms with E-state index in [1.54, 1.807) is 0 Å². The van der Waals surface area contributed by atoms with Gasteiger partial charge in [-0.1, -0.05) is 11.6 Å². The van der Waals surface area contributed by atoms with Gasteiger partial charge in [-0.25, -0.2) is 12.8 Å². The van der Waals surface area contributed by atoms with Crippen LogP contribution in [0.4, 0.5) is 10.3 Å². The Kier molecular flexibility index (Phi) is 3.83. The van der Waals surface area contributed by atoms with E-state index < -0.39 is 21.4 Å². The second kappa shape index (κ2) is 4.66. The van der Waals surface area contributed by atoms with Gasteiger partial charge in [-0.15, -0.1) is 0 Å². The van der Waals surface area contributed by atoms with Crippen LogP contribution in [0.15, 0.2) is 9.31 Å². The summed E-state index contributed by atoms with van der Waals surface area (Å²) >= 11 is 4.92. The molecular formula is C9H11ClFNO4S. The fourth-order valence-corrected chi connectivity index (χ4v) is 2.49. The molecular weight excluding hydrogens is 273 g/mol. The number of halogens is 2. The summed E-state index contributed by atoms with van der Waals surface area (Å²) in [5, 5.41) is 1.99. The summed E-state index contributed by atoms with van der Waals surface area (Å²) in [4.78, 5) is 10.9. The number of anilines is 1. The zero-order valence-corrected chi connectivity index (χ0v) is 10.9. The van der Waals surface area contributed by atoms with Crippen LogP contribution >= 0.6 is 11.6 Å². The number of amides is 1. The first-order valence-corrected chi connectivity index (χ1v) is 6.86. The van der Waals surface area contributed by atoms with E-state index in [-0.39, 0.29) is 10.8 Å². The fourth-order valence-electron chi connectivity index (χ4n) is 1.30.